The molecule has 0 aromatic heterocycles. The largest absolute Gasteiger partial charge is 0.325 e. The van der Waals surface area contributed by atoms with Gasteiger partial charge in [0.05, 0.1) is 6.54 Å². The summed E-state index contributed by atoms with van der Waals surface area (Å²) in [6.07, 6.45) is 1.06. The predicted molar refractivity (Wildman–Crippen MR) is 68.9 cm³/mol. The molecule has 5 heteroatoms. The summed E-state index contributed by atoms with van der Waals surface area (Å²) < 4.78 is 13.0. The van der Waals surface area contributed by atoms with Gasteiger partial charge < -0.3 is 10.6 Å². The van der Waals surface area contributed by atoms with Crippen molar-refractivity contribution in [2.45, 2.75) is 12.5 Å². The normalized spacial score (nSPS) is 19.2. The van der Waals surface area contributed by atoms with Crippen LogP contribution in [0.2, 0.25) is 0 Å². The van der Waals surface area contributed by atoms with Gasteiger partial charge in [-0.1, -0.05) is 6.07 Å². The van der Waals surface area contributed by atoms with Gasteiger partial charge in [-0.15, -0.1) is 0 Å². The topological polar surface area (TPSA) is 44.4 Å². The minimum atomic E-state index is -0.346. The molecule has 4 nitrogen and oxygen atoms in total. The number of nitrogens with zero attached hydrogens (tertiary/aromatic N) is 1. The van der Waals surface area contributed by atoms with Crippen LogP contribution in [0.15, 0.2) is 24.3 Å². The Balaban J connectivity index is 1.84. The Bertz CT molecular complexity index is 418. The van der Waals surface area contributed by atoms with Gasteiger partial charge in [-0.05, 0) is 38.2 Å². The molecule has 1 amide bonds. The van der Waals surface area contributed by atoms with Crippen LogP contribution in [0.1, 0.15) is 6.42 Å². The summed E-state index contributed by atoms with van der Waals surface area (Å²) >= 11 is 0. The van der Waals surface area contributed by atoms with Crippen molar-refractivity contribution in [3.8, 4) is 0 Å². The minimum Gasteiger partial charge on any atom is -0.325 e. The van der Waals surface area contributed by atoms with Gasteiger partial charge in [0.2, 0.25) is 5.91 Å². The van der Waals surface area contributed by atoms with Gasteiger partial charge in [-0.3, -0.25) is 9.69 Å². The molecule has 0 spiro atoms. The maximum atomic E-state index is 13.0. The van der Waals surface area contributed by atoms with Gasteiger partial charge in [0.25, 0.3) is 0 Å². The molecule has 1 fully saturated rings. The third-order valence-electron chi connectivity index (χ3n) is 3.16. The van der Waals surface area contributed by atoms with Crippen molar-refractivity contribution in [1.29, 1.82) is 0 Å². The zero-order chi connectivity index (χ0) is 13.0. The van der Waals surface area contributed by atoms with E-state index in [4.69, 9.17) is 0 Å². The lowest BCUT2D eigenvalue weighted by Crippen LogP contribution is -2.39. The number of rotatable bonds is 4. The number of benzene rings is 1. The Morgan fingerprint density at radius 1 is 1.61 bits per heavy atom. The molecule has 0 radical (unpaired) electrons. The molecule has 1 atom stereocenters. The highest BCUT2D eigenvalue weighted by molar-refractivity contribution is 5.92. The van der Waals surface area contributed by atoms with E-state index in [9.17, 15) is 9.18 Å². The van der Waals surface area contributed by atoms with E-state index < -0.39 is 0 Å². The quantitative estimate of drug-likeness (QED) is 0.841. The Morgan fingerprint density at radius 3 is 3.11 bits per heavy atom. The lowest BCUT2D eigenvalue weighted by molar-refractivity contribution is -0.117. The van der Waals surface area contributed by atoms with Crippen molar-refractivity contribution in [2.75, 3.05) is 32.0 Å². The molecule has 0 saturated carbocycles. The van der Waals surface area contributed by atoms with E-state index in [2.05, 4.69) is 10.6 Å². The van der Waals surface area contributed by atoms with E-state index >= 15 is 0 Å². The first kappa shape index (κ1) is 13.0. The number of carbonyl (C=O) groups is 1. The van der Waals surface area contributed by atoms with E-state index in [0.29, 0.717) is 18.3 Å². The molecule has 2 rings (SSSR count). The number of halogens is 1. The standard InChI is InChI=1S/C13H18FN3O/c1-17(12-5-6-15-8-12)9-13(18)16-11-4-2-3-10(14)7-11/h2-4,7,12,15H,5-6,8-9H2,1H3,(H,16,18). The molecule has 0 bridgehead atoms. The lowest BCUT2D eigenvalue weighted by atomic mass is 10.2. The molecule has 1 aromatic rings. The third-order valence-corrected chi connectivity index (χ3v) is 3.16. The summed E-state index contributed by atoms with van der Waals surface area (Å²) in [5.74, 6) is -0.462. The molecule has 1 aliphatic heterocycles. The van der Waals surface area contributed by atoms with E-state index in [0.717, 1.165) is 19.5 Å². The van der Waals surface area contributed by atoms with Crippen LogP contribution < -0.4 is 10.6 Å². The highest BCUT2D eigenvalue weighted by Crippen LogP contribution is 2.10. The highest BCUT2D eigenvalue weighted by atomic mass is 19.1. The first-order valence-electron chi connectivity index (χ1n) is 6.11. The van der Waals surface area contributed by atoms with E-state index in [1.54, 1.807) is 12.1 Å². The van der Waals surface area contributed by atoms with Crippen molar-refractivity contribution < 1.29 is 9.18 Å². The van der Waals surface area contributed by atoms with Crippen LogP contribution in [0.25, 0.3) is 0 Å². The third kappa shape index (κ3) is 3.51. The fraction of sp³-hybridized carbons (Fsp3) is 0.462. The molecule has 2 N–H and O–H groups in total. The maximum absolute atomic E-state index is 13.0. The first-order chi connectivity index (χ1) is 8.65. The van der Waals surface area contributed by atoms with Gasteiger partial charge in [0, 0.05) is 18.3 Å². The average molecular weight is 251 g/mol. The maximum Gasteiger partial charge on any atom is 0.238 e. The molecule has 1 unspecified atom stereocenters. The van der Waals surface area contributed by atoms with Crippen molar-refractivity contribution in [2.24, 2.45) is 0 Å². The van der Waals surface area contributed by atoms with Crippen LogP contribution in [0.5, 0.6) is 0 Å². The summed E-state index contributed by atoms with van der Waals surface area (Å²) in [5, 5.41) is 5.96. The number of nitrogens with one attached hydrogen (secondary N) is 2. The van der Waals surface area contributed by atoms with Crippen LogP contribution in [-0.2, 0) is 4.79 Å². The summed E-state index contributed by atoms with van der Waals surface area (Å²) in [4.78, 5) is 13.8. The number of hydrogen-bond acceptors (Lipinski definition) is 3. The first-order valence-corrected chi connectivity index (χ1v) is 6.11. The predicted octanol–water partition coefficient (Wildman–Crippen LogP) is 1.06. The molecule has 1 aliphatic rings. The van der Waals surface area contributed by atoms with Crippen LogP contribution in [0, 0.1) is 5.82 Å². The molecular weight excluding hydrogens is 233 g/mol. The Labute approximate surface area is 106 Å². The second-order valence-corrected chi connectivity index (χ2v) is 4.62. The van der Waals surface area contributed by atoms with Crippen LogP contribution in [-0.4, -0.2) is 43.5 Å². The second kappa shape index (κ2) is 5.93. The van der Waals surface area contributed by atoms with Crippen LogP contribution in [0.4, 0.5) is 10.1 Å². The number of carbonyl (C=O) groups excluding carboxylic acids is 1. The Hall–Kier alpha value is -1.46. The minimum absolute atomic E-state index is 0.116. The van der Waals surface area contributed by atoms with E-state index in [1.165, 1.54) is 12.1 Å². The van der Waals surface area contributed by atoms with Crippen molar-refractivity contribution in [3.05, 3.63) is 30.1 Å². The molecule has 1 saturated heterocycles. The molecule has 98 valence electrons. The SMILES string of the molecule is CN(CC(=O)Nc1cccc(F)c1)C1CCNC1. The average Bonchev–Trinajstić information content (AvgIpc) is 2.81. The van der Waals surface area contributed by atoms with Gasteiger partial charge in [-0.25, -0.2) is 4.39 Å². The highest BCUT2D eigenvalue weighted by Gasteiger charge is 2.20. The van der Waals surface area contributed by atoms with E-state index in [-0.39, 0.29) is 11.7 Å². The van der Waals surface area contributed by atoms with Crippen molar-refractivity contribution in [3.63, 3.8) is 0 Å². The summed E-state index contributed by atoms with van der Waals surface area (Å²) in [7, 11) is 1.93. The smallest absolute Gasteiger partial charge is 0.238 e. The number of hydrogen-bond donors (Lipinski definition) is 2. The lowest BCUT2D eigenvalue weighted by Gasteiger charge is -2.22. The number of anilines is 1. The molecular formula is C13H18FN3O. The zero-order valence-electron chi connectivity index (χ0n) is 10.4. The fourth-order valence-corrected chi connectivity index (χ4v) is 2.14. The van der Waals surface area contributed by atoms with Crippen molar-refractivity contribution >= 4 is 11.6 Å². The summed E-state index contributed by atoms with van der Waals surface area (Å²) in [5.41, 5.74) is 0.498. The van der Waals surface area contributed by atoms with Gasteiger partial charge in [0.15, 0.2) is 0 Å². The van der Waals surface area contributed by atoms with Gasteiger partial charge >= 0.3 is 0 Å². The Kier molecular flexibility index (Phi) is 4.28. The summed E-state index contributed by atoms with van der Waals surface area (Å²) in [6, 6.07) is 6.33. The molecule has 1 aromatic carbocycles. The Morgan fingerprint density at radius 2 is 2.44 bits per heavy atom. The fourth-order valence-electron chi connectivity index (χ4n) is 2.14. The number of amides is 1. The molecule has 18 heavy (non-hydrogen) atoms. The zero-order valence-corrected chi connectivity index (χ0v) is 10.4. The van der Waals surface area contributed by atoms with Crippen LogP contribution in [0.3, 0.4) is 0 Å². The molecule has 0 aliphatic carbocycles. The van der Waals surface area contributed by atoms with Gasteiger partial charge in [0.1, 0.15) is 5.82 Å². The van der Waals surface area contributed by atoms with Crippen LogP contribution >= 0.6 is 0 Å². The summed E-state index contributed by atoms with van der Waals surface area (Å²) in [6.45, 7) is 2.24. The molecule has 1 heterocycles. The monoisotopic (exact) mass is 251 g/mol. The van der Waals surface area contributed by atoms with Gasteiger partial charge in [-0.2, -0.15) is 0 Å². The second-order valence-electron chi connectivity index (χ2n) is 4.62. The number of likely N-dealkylation sites (N-methyl/N-ethyl adjacent to an activating group) is 1. The van der Waals surface area contributed by atoms with E-state index in [1.807, 2.05) is 11.9 Å². The van der Waals surface area contributed by atoms with Crippen molar-refractivity contribution in [1.82, 2.24) is 10.2 Å².